The van der Waals surface area contributed by atoms with Gasteiger partial charge in [0.05, 0.1) is 34.4 Å². The van der Waals surface area contributed by atoms with E-state index in [-0.39, 0.29) is 38.6 Å². The van der Waals surface area contributed by atoms with E-state index in [1.807, 2.05) is 21.1 Å². The largest absolute Gasteiger partial charge is 0.477 e. The van der Waals surface area contributed by atoms with E-state index in [9.17, 15) is 19.5 Å². The van der Waals surface area contributed by atoms with Crippen LogP contribution in [0.5, 0.6) is 0 Å². The molecule has 9 heteroatoms. The highest BCUT2D eigenvalue weighted by Gasteiger charge is 2.25. The number of unbranched alkanes of at least 4 members (excludes halogenated alkanes) is 14. The Morgan fingerprint density at radius 1 is 0.456 bits per heavy atom. The van der Waals surface area contributed by atoms with Crippen molar-refractivity contribution in [3.8, 4) is 0 Å². The molecule has 0 aliphatic carbocycles. The molecule has 0 radical (unpaired) electrons. The van der Waals surface area contributed by atoms with Crippen molar-refractivity contribution in [3.05, 3.63) is 109 Å². The molecule has 0 aliphatic heterocycles. The van der Waals surface area contributed by atoms with Crippen LogP contribution in [0, 0.1) is 0 Å². The summed E-state index contributed by atoms with van der Waals surface area (Å²) in [6, 6.07) is 0. The molecule has 0 fully saturated rings. The van der Waals surface area contributed by atoms with Crippen LogP contribution in [0.15, 0.2) is 109 Å². The number of aliphatic carboxylic acids is 1. The van der Waals surface area contributed by atoms with Crippen molar-refractivity contribution >= 4 is 17.9 Å². The topological polar surface area (TPSA) is 108 Å². The summed E-state index contributed by atoms with van der Waals surface area (Å²) in [5.41, 5.74) is 0. The van der Waals surface area contributed by atoms with E-state index in [4.69, 9.17) is 18.9 Å². The third kappa shape index (κ3) is 49.8. The van der Waals surface area contributed by atoms with Gasteiger partial charge in [-0.25, -0.2) is 4.79 Å². The van der Waals surface area contributed by atoms with Crippen LogP contribution in [-0.4, -0.2) is 87.4 Å². The van der Waals surface area contributed by atoms with Gasteiger partial charge in [-0.15, -0.1) is 0 Å². The van der Waals surface area contributed by atoms with Gasteiger partial charge in [-0.05, 0) is 103 Å². The van der Waals surface area contributed by atoms with Crippen LogP contribution in [0.25, 0.3) is 0 Å². The van der Waals surface area contributed by atoms with Crippen LogP contribution < -0.4 is 0 Å². The molecule has 0 rings (SSSR count). The van der Waals surface area contributed by atoms with Crippen molar-refractivity contribution < 1.29 is 42.9 Å². The normalized spacial score (nSPS) is 13.7. The van der Waals surface area contributed by atoms with E-state index in [1.165, 1.54) is 51.4 Å². The Balaban J connectivity index is 4.45. The minimum atomic E-state index is -1.53. The predicted molar refractivity (Wildman–Crippen MR) is 285 cm³/mol. The lowest BCUT2D eigenvalue weighted by Gasteiger charge is -2.25. The average molecular weight is 949 g/mol. The van der Waals surface area contributed by atoms with Gasteiger partial charge in [-0.3, -0.25) is 9.59 Å². The van der Waals surface area contributed by atoms with Gasteiger partial charge in [0, 0.05) is 12.8 Å². The number of allylic oxidation sites excluding steroid dienone is 18. The van der Waals surface area contributed by atoms with Gasteiger partial charge >= 0.3 is 17.9 Å². The number of likely N-dealkylation sites (N-methyl/N-ethyl adjacent to an activating group) is 1. The number of hydrogen-bond acceptors (Lipinski definition) is 7. The molecule has 0 spiro atoms. The molecule has 0 amide bonds. The van der Waals surface area contributed by atoms with Crippen molar-refractivity contribution in [2.24, 2.45) is 0 Å². The first-order valence-corrected chi connectivity index (χ1v) is 26.6. The number of carboxylic acids is 1. The number of carboxylic acid groups (broad SMARTS) is 1. The quantitative estimate of drug-likeness (QED) is 0.0211. The molecule has 0 aliphatic rings. The number of rotatable bonds is 47. The molecule has 0 aromatic rings. The molecule has 0 heterocycles. The summed E-state index contributed by atoms with van der Waals surface area (Å²) in [6.07, 6.45) is 64.4. The molecule has 0 saturated carbocycles. The van der Waals surface area contributed by atoms with Crippen LogP contribution in [0.1, 0.15) is 187 Å². The Bertz CT molecular complexity index is 1480. The monoisotopic (exact) mass is 949 g/mol. The standard InChI is InChI=1S/C59H97NO8/c1-6-8-10-12-14-16-18-20-22-24-25-26-27-28-29-30-31-32-33-34-36-38-40-42-44-46-48-50-57(62)68-55(54-67-59(58(63)64)65-52-51-60(3,4)5)53-66-56(61)49-47-45-43-41-39-37-35-23-21-19-17-15-13-11-9-7-2/h8,10,14,16,20,22-23,25-26,28-29,31-32,34-36,40,42,55,59H,6-7,9,11-13,15,17-19,21,24,27,30,33,37-39,41,43-54H2,1-5H3/p+1/b10-8-,16-14-,22-20-,26-25-,29-28-,32-31-,35-23-,36-34-,42-40-. The summed E-state index contributed by atoms with van der Waals surface area (Å²) in [7, 11) is 5.93. The van der Waals surface area contributed by atoms with E-state index >= 15 is 0 Å². The van der Waals surface area contributed by atoms with Gasteiger partial charge in [0.2, 0.25) is 0 Å². The number of esters is 2. The number of hydrogen-bond donors (Lipinski definition) is 1. The molecule has 0 aromatic carbocycles. The first kappa shape index (κ1) is 64.0. The SMILES string of the molecule is CC/C=C\C/C=C\C/C=C\C/C=C\C/C=C\C/C=C\C/C=C\C/C=C\CCCCC(=O)OC(COC(=O)CCCCCCC/C=C\CCCCCCCCC)COC(OCC[N+](C)(C)C)C(=O)O. The van der Waals surface area contributed by atoms with E-state index in [2.05, 4.69) is 123 Å². The van der Waals surface area contributed by atoms with Crippen LogP contribution in [0.4, 0.5) is 0 Å². The van der Waals surface area contributed by atoms with Crippen molar-refractivity contribution in [1.82, 2.24) is 0 Å². The Morgan fingerprint density at radius 2 is 0.838 bits per heavy atom. The van der Waals surface area contributed by atoms with Crippen molar-refractivity contribution in [3.63, 3.8) is 0 Å². The molecule has 9 nitrogen and oxygen atoms in total. The minimum Gasteiger partial charge on any atom is -0.477 e. The van der Waals surface area contributed by atoms with E-state index < -0.39 is 24.3 Å². The zero-order chi connectivity index (χ0) is 49.9. The molecule has 1 N–H and O–H groups in total. The van der Waals surface area contributed by atoms with Gasteiger partial charge in [0.15, 0.2) is 6.10 Å². The van der Waals surface area contributed by atoms with E-state index in [1.54, 1.807) is 0 Å². The van der Waals surface area contributed by atoms with E-state index in [0.29, 0.717) is 17.4 Å². The lowest BCUT2D eigenvalue weighted by Crippen LogP contribution is -2.40. The summed E-state index contributed by atoms with van der Waals surface area (Å²) in [4.78, 5) is 37.3. The molecular formula is C59H98NO8+. The number of ether oxygens (including phenoxy) is 4. The lowest BCUT2D eigenvalue weighted by molar-refractivity contribution is -0.870. The molecule has 386 valence electrons. The van der Waals surface area contributed by atoms with Crippen LogP contribution in [0.3, 0.4) is 0 Å². The van der Waals surface area contributed by atoms with E-state index in [0.717, 1.165) is 103 Å². The third-order valence-corrected chi connectivity index (χ3v) is 10.8. The molecule has 0 aromatic heterocycles. The van der Waals surface area contributed by atoms with Crippen LogP contribution in [0.2, 0.25) is 0 Å². The third-order valence-electron chi connectivity index (χ3n) is 10.8. The van der Waals surface area contributed by atoms with Gasteiger partial charge in [-0.2, -0.15) is 0 Å². The van der Waals surface area contributed by atoms with Gasteiger partial charge < -0.3 is 28.5 Å². The first-order chi connectivity index (χ1) is 33.1. The second-order valence-electron chi connectivity index (χ2n) is 18.4. The maximum absolute atomic E-state index is 12.8. The highest BCUT2D eigenvalue weighted by Crippen LogP contribution is 2.13. The molecule has 2 atom stereocenters. The van der Waals surface area contributed by atoms with Crippen molar-refractivity contribution in [2.75, 3.05) is 47.5 Å². The molecule has 0 saturated heterocycles. The Labute approximate surface area is 415 Å². The summed E-state index contributed by atoms with van der Waals surface area (Å²) in [6.45, 7) is 4.68. The van der Waals surface area contributed by atoms with Crippen LogP contribution in [-0.2, 0) is 33.3 Å². The van der Waals surface area contributed by atoms with Crippen molar-refractivity contribution in [1.29, 1.82) is 0 Å². The number of carbonyl (C=O) groups is 3. The summed E-state index contributed by atoms with van der Waals surface area (Å²) < 4.78 is 22.7. The number of carbonyl (C=O) groups excluding carboxylic acids is 2. The Kier molecular flexibility index (Phi) is 46.4. The lowest BCUT2D eigenvalue weighted by atomic mass is 10.1. The summed E-state index contributed by atoms with van der Waals surface area (Å²) >= 11 is 0. The fourth-order valence-corrected chi connectivity index (χ4v) is 6.67. The highest BCUT2D eigenvalue weighted by molar-refractivity contribution is 5.71. The summed E-state index contributed by atoms with van der Waals surface area (Å²) in [5, 5.41) is 9.67. The maximum Gasteiger partial charge on any atom is 0.361 e. The fourth-order valence-electron chi connectivity index (χ4n) is 6.67. The van der Waals surface area contributed by atoms with Crippen LogP contribution >= 0.6 is 0 Å². The van der Waals surface area contributed by atoms with Gasteiger partial charge in [0.25, 0.3) is 6.29 Å². The predicted octanol–water partition coefficient (Wildman–Crippen LogP) is 15.2. The second-order valence-corrected chi connectivity index (χ2v) is 18.4. The highest BCUT2D eigenvalue weighted by atomic mass is 16.7. The smallest absolute Gasteiger partial charge is 0.361 e. The molecule has 0 bridgehead atoms. The van der Waals surface area contributed by atoms with Gasteiger partial charge in [-0.1, -0.05) is 181 Å². The molecule has 68 heavy (non-hydrogen) atoms. The maximum atomic E-state index is 12.8. The van der Waals surface area contributed by atoms with Gasteiger partial charge in [0.1, 0.15) is 13.2 Å². The number of quaternary nitrogens is 1. The van der Waals surface area contributed by atoms with Crippen molar-refractivity contribution in [2.45, 2.75) is 200 Å². The number of nitrogens with zero attached hydrogens (tertiary/aromatic N) is 1. The zero-order valence-electron chi connectivity index (χ0n) is 43.7. The molecular weight excluding hydrogens is 851 g/mol. The Morgan fingerprint density at radius 3 is 1.29 bits per heavy atom. The average Bonchev–Trinajstić information content (AvgIpc) is 3.30. The zero-order valence-corrected chi connectivity index (χ0v) is 43.7. The molecule has 2 unspecified atom stereocenters. The fraction of sp³-hybridized carbons (Fsp3) is 0.644. The minimum absolute atomic E-state index is 0.172. The summed E-state index contributed by atoms with van der Waals surface area (Å²) in [5.74, 6) is -2.09. The first-order valence-electron chi connectivity index (χ1n) is 26.6. The Hall–Kier alpha value is -4.05. The second kappa shape index (κ2) is 49.4.